The molecule has 1 amide bonds. The number of hydrogen-bond donors (Lipinski definition) is 0. The van der Waals surface area contributed by atoms with Crippen LogP contribution in [0.15, 0.2) is 48.5 Å². The van der Waals surface area contributed by atoms with E-state index in [1.54, 1.807) is 29.5 Å². The van der Waals surface area contributed by atoms with Gasteiger partial charge >= 0.3 is 0 Å². The Balaban J connectivity index is 1.19. The monoisotopic (exact) mass is 447 g/mol. The molecule has 6 rings (SSSR count). The smallest absolute Gasteiger partial charge is 0.254 e. The number of carbonyl (C=O) groups excluding carboxylic acids is 1. The maximum Gasteiger partial charge on any atom is 0.254 e. The number of fused-ring (bicyclic) bond motifs is 2. The average molecular weight is 448 g/mol. The van der Waals surface area contributed by atoms with Gasteiger partial charge in [0.25, 0.3) is 5.91 Å². The minimum absolute atomic E-state index is 0.0165. The van der Waals surface area contributed by atoms with E-state index in [1.165, 1.54) is 0 Å². The lowest BCUT2D eigenvalue weighted by Crippen LogP contribution is -2.48. The first-order valence-electron chi connectivity index (χ1n) is 10.5. The Morgan fingerprint density at radius 2 is 1.78 bits per heavy atom. The molecule has 0 radical (unpaired) electrons. The lowest BCUT2D eigenvalue weighted by Gasteiger charge is -2.34. The van der Waals surface area contributed by atoms with E-state index >= 15 is 0 Å². The Kier molecular flexibility index (Phi) is 4.50. The van der Waals surface area contributed by atoms with Gasteiger partial charge < -0.3 is 19.3 Å². The van der Waals surface area contributed by atoms with Crippen LogP contribution in [-0.4, -0.2) is 58.5 Å². The van der Waals surface area contributed by atoms with Crippen molar-refractivity contribution in [2.24, 2.45) is 0 Å². The van der Waals surface area contributed by atoms with Crippen LogP contribution in [0.3, 0.4) is 0 Å². The zero-order valence-electron chi connectivity index (χ0n) is 17.5. The molecular weight excluding hydrogens is 426 g/mol. The SMILES string of the molecule is Cc1nn(-c2ccccc2)c2nc(N3CCN(C(=O)c4ccc5c(c4)OCO5)CC3)sc12. The van der Waals surface area contributed by atoms with E-state index in [0.717, 1.165) is 39.9 Å². The maximum absolute atomic E-state index is 13.0. The van der Waals surface area contributed by atoms with Gasteiger partial charge in [-0.05, 0) is 37.3 Å². The first-order chi connectivity index (χ1) is 15.7. The van der Waals surface area contributed by atoms with Crippen LogP contribution >= 0.6 is 11.3 Å². The fraction of sp³-hybridized carbons (Fsp3) is 0.261. The number of hydrogen-bond acceptors (Lipinski definition) is 7. The van der Waals surface area contributed by atoms with E-state index in [1.807, 2.05) is 46.8 Å². The Morgan fingerprint density at radius 3 is 2.59 bits per heavy atom. The van der Waals surface area contributed by atoms with E-state index in [9.17, 15) is 4.79 Å². The van der Waals surface area contributed by atoms with Crippen LogP contribution in [0.4, 0.5) is 5.13 Å². The summed E-state index contributed by atoms with van der Waals surface area (Å²) in [5.41, 5.74) is 3.49. The first-order valence-corrected chi connectivity index (χ1v) is 11.3. The molecule has 0 spiro atoms. The van der Waals surface area contributed by atoms with Gasteiger partial charge in [0, 0.05) is 31.7 Å². The molecular formula is C23H21N5O3S. The highest BCUT2D eigenvalue weighted by Gasteiger charge is 2.26. The third-order valence-corrected chi connectivity index (χ3v) is 7.05. The molecule has 0 N–H and O–H groups in total. The van der Waals surface area contributed by atoms with Crippen molar-refractivity contribution in [3.05, 3.63) is 59.8 Å². The zero-order valence-corrected chi connectivity index (χ0v) is 18.3. The largest absolute Gasteiger partial charge is 0.454 e. The second kappa shape index (κ2) is 7.52. The summed E-state index contributed by atoms with van der Waals surface area (Å²) in [6, 6.07) is 15.4. The number of benzene rings is 2. The van der Waals surface area contributed by atoms with Gasteiger partial charge in [-0.15, -0.1) is 0 Å². The van der Waals surface area contributed by atoms with Crippen LogP contribution in [0.25, 0.3) is 16.0 Å². The molecule has 0 bridgehead atoms. The predicted molar refractivity (Wildman–Crippen MR) is 122 cm³/mol. The number of rotatable bonds is 3. The van der Waals surface area contributed by atoms with Crippen LogP contribution in [0, 0.1) is 6.92 Å². The fourth-order valence-electron chi connectivity index (χ4n) is 4.12. The van der Waals surface area contributed by atoms with Crippen LogP contribution in [0.5, 0.6) is 11.5 Å². The number of amides is 1. The summed E-state index contributed by atoms with van der Waals surface area (Å²) in [5.74, 6) is 1.33. The van der Waals surface area contributed by atoms with Crippen molar-refractivity contribution in [3.63, 3.8) is 0 Å². The molecule has 2 aliphatic heterocycles. The number of nitrogens with zero attached hydrogens (tertiary/aromatic N) is 5. The molecule has 0 unspecified atom stereocenters. The standard InChI is InChI=1S/C23H21N5O3S/c1-15-20-21(28(25-15)17-5-3-2-4-6-17)24-23(32-20)27-11-9-26(10-12-27)22(29)16-7-8-18-19(13-16)31-14-30-18/h2-8,13H,9-12,14H2,1H3. The summed E-state index contributed by atoms with van der Waals surface area (Å²) >= 11 is 1.66. The summed E-state index contributed by atoms with van der Waals surface area (Å²) in [7, 11) is 0. The Labute approximate surface area is 188 Å². The minimum Gasteiger partial charge on any atom is -0.454 e. The van der Waals surface area contributed by atoms with Crippen molar-refractivity contribution in [3.8, 4) is 17.2 Å². The third kappa shape index (κ3) is 3.16. The first kappa shape index (κ1) is 19.1. The van der Waals surface area contributed by atoms with Gasteiger partial charge in [-0.2, -0.15) is 10.1 Å². The molecule has 162 valence electrons. The van der Waals surface area contributed by atoms with E-state index in [0.29, 0.717) is 30.2 Å². The molecule has 0 atom stereocenters. The molecule has 8 nitrogen and oxygen atoms in total. The van der Waals surface area contributed by atoms with Crippen molar-refractivity contribution >= 4 is 32.7 Å². The topological polar surface area (TPSA) is 72.7 Å². The number of piperazine rings is 1. The van der Waals surface area contributed by atoms with Crippen LogP contribution in [0.1, 0.15) is 16.1 Å². The minimum atomic E-state index is 0.0165. The van der Waals surface area contributed by atoms with Gasteiger partial charge in [0.15, 0.2) is 22.3 Å². The molecule has 1 fully saturated rings. The highest BCUT2D eigenvalue weighted by Crippen LogP contribution is 2.34. The maximum atomic E-state index is 13.0. The second-order valence-electron chi connectivity index (χ2n) is 7.83. The van der Waals surface area contributed by atoms with Crippen molar-refractivity contribution in [1.29, 1.82) is 0 Å². The lowest BCUT2D eigenvalue weighted by atomic mass is 10.1. The van der Waals surface area contributed by atoms with Crippen LogP contribution < -0.4 is 14.4 Å². The fourth-order valence-corrected chi connectivity index (χ4v) is 5.16. The molecule has 2 aliphatic rings. The van der Waals surface area contributed by atoms with Gasteiger partial charge in [0.2, 0.25) is 6.79 Å². The van der Waals surface area contributed by atoms with Gasteiger partial charge in [-0.1, -0.05) is 29.5 Å². The molecule has 2 aromatic heterocycles. The van der Waals surface area contributed by atoms with Crippen LogP contribution in [-0.2, 0) is 0 Å². The Bertz CT molecular complexity index is 1310. The highest BCUT2D eigenvalue weighted by molar-refractivity contribution is 7.22. The van der Waals surface area contributed by atoms with Crippen LogP contribution in [0.2, 0.25) is 0 Å². The van der Waals surface area contributed by atoms with Crippen molar-refractivity contribution in [2.75, 3.05) is 37.9 Å². The molecule has 2 aromatic carbocycles. The number of para-hydroxylation sites is 1. The summed E-state index contributed by atoms with van der Waals surface area (Å²) in [5, 5.41) is 5.65. The van der Waals surface area contributed by atoms with Gasteiger partial charge in [0.1, 0.15) is 0 Å². The second-order valence-corrected chi connectivity index (χ2v) is 8.81. The quantitative estimate of drug-likeness (QED) is 0.479. The molecule has 0 aliphatic carbocycles. The zero-order chi connectivity index (χ0) is 21.7. The highest BCUT2D eigenvalue weighted by atomic mass is 32.1. The summed E-state index contributed by atoms with van der Waals surface area (Å²) < 4.78 is 13.8. The molecule has 32 heavy (non-hydrogen) atoms. The van der Waals surface area contributed by atoms with Crippen molar-refractivity contribution in [2.45, 2.75) is 6.92 Å². The lowest BCUT2D eigenvalue weighted by molar-refractivity contribution is 0.0746. The molecule has 4 heterocycles. The number of aryl methyl sites for hydroxylation is 1. The number of anilines is 1. The van der Waals surface area contributed by atoms with Gasteiger partial charge in [-0.25, -0.2) is 4.68 Å². The summed E-state index contributed by atoms with van der Waals surface area (Å²) in [6.45, 7) is 5.00. The van der Waals surface area contributed by atoms with Gasteiger partial charge in [-0.3, -0.25) is 4.79 Å². The third-order valence-electron chi connectivity index (χ3n) is 5.83. The number of ether oxygens (including phenoxy) is 2. The number of aromatic nitrogens is 3. The molecule has 1 saturated heterocycles. The molecule has 0 saturated carbocycles. The van der Waals surface area contributed by atoms with E-state index in [2.05, 4.69) is 10.00 Å². The van der Waals surface area contributed by atoms with E-state index in [4.69, 9.17) is 14.5 Å². The van der Waals surface area contributed by atoms with Gasteiger partial charge in [0.05, 0.1) is 16.1 Å². The summed E-state index contributed by atoms with van der Waals surface area (Å²) in [4.78, 5) is 22.0. The normalized spacial score (nSPS) is 15.5. The molecule has 9 heteroatoms. The Hall–Kier alpha value is -3.59. The average Bonchev–Trinajstić information content (AvgIpc) is 3.55. The van der Waals surface area contributed by atoms with Crippen molar-refractivity contribution < 1.29 is 14.3 Å². The molecule has 4 aromatic rings. The predicted octanol–water partition coefficient (Wildman–Crippen LogP) is 3.48. The summed E-state index contributed by atoms with van der Waals surface area (Å²) in [6.07, 6.45) is 0. The van der Waals surface area contributed by atoms with E-state index < -0.39 is 0 Å². The van der Waals surface area contributed by atoms with Crippen molar-refractivity contribution in [1.82, 2.24) is 19.7 Å². The van der Waals surface area contributed by atoms with E-state index in [-0.39, 0.29) is 12.7 Å². The number of thiazole rings is 1. The number of carbonyl (C=O) groups is 1. The Morgan fingerprint density at radius 1 is 1.00 bits per heavy atom.